The first-order valence-corrected chi connectivity index (χ1v) is 12.1. The molecular formula is C23H24N4O4S2. The zero-order chi connectivity index (χ0) is 23.7. The van der Waals surface area contributed by atoms with Gasteiger partial charge in [0.15, 0.2) is 11.0 Å². The number of nitrogens with zero attached hydrogens (tertiary/aromatic N) is 3. The Balaban J connectivity index is 1.80. The normalized spacial score (nSPS) is 12.2. The van der Waals surface area contributed by atoms with Crippen molar-refractivity contribution in [1.29, 1.82) is 0 Å². The Hall–Kier alpha value is -3.11. The Kier molecular flexibility index (Phi) is 6.57. The number of aryl methyl sites for hydroxylation is 3. The van der Waals surface area contributed by atoms with Crippen molar-refractivity contribution in [1.82, 2.24) is 14.7 Å². The van der Waals surface area contributed by atoms with Crippen molar-refractivity contribution < 1.29 is 14.1 Å². The van der Waals surface area contributed by atoms with E-state index in [1.165, 1.54) is 23.1 Å². The molecule has 172 valence electrons. The summed E-state index contributed by atoms with van der Waals surface area (Å²) in [5.41, 5.74) is 1.42. The second-order valence-electron chi connectivity index (χ2n) is 7.49. The third kappa shape index (κ3) is 4.53. The predicted octanol–water partition coefficient (Wildman–Crippen LogP) is 4.74. The van der Waals surface area contributed by atoms with Crippen LogP contribution in [0, 0.1) is 13.8 Å². The van der Waals surface area contributed by atoms with Gasteiger partial charge in [-0.05, 0) is 44.9 Å². The van der Waals surface area contributed by atoms with Gasteiger partial charge in [0, 0.05) is 17.0 Å². The molecule has 1 atom stereocenters. The van der Waals surface area contributed by atoms with Gasteiger partial charge in [0.05, 0.1) is 23.4 Å². The third-order valence-electron chi connectivity index (χ3n) is 5.20. The van der Waals surface area contributed by atoms with Crippen LogP contribution in [0.4, 0.5) is 5.82 Å². The van der Waals surface area contributed by atoms with Gasteiger partial charge in [-0.2, -0.15) is 0 Å². The molecule has 0 fully saturated rings. The molecule has 1 unspecified atom stereocenters. The van der Waals surface area contributed by atoms with E-state index in [2.05, 4.69) is 17.4 Å². The van der Waals surface area contributed by atoms with E-state index < -0.39 is 5.25 Å². The molecule has 0 bridgehead atoms. The molecule has 1 amide bonds. The molecule has 4 aromatic rings. The van der Waals surface area contributed by atoms with E-state index in [9.17, 15) is 9.59 Å². The Labute approximate surface area is 199 Å². The number of methoxy groups -OCH3 is 1. The van der Waals surface area contributed by atoms with Crippen molar-refractivity contribution in [2.75, 3.05) is 12.4 Å². The number of amides is 1. The number of carbonyl (C=O) groups is 1. The molecular weight excluding hydrogens is 460 g/mol. The summed E-state index contributed by atoms with van der Waals surface area (Å²) in [5, 5.41) is 7.04. The summed E-state index contributed by atoms with van der Waals surface area (Å²) < 4.78 is 11.9. The molecule has 4 rings (SSSR count). The molecule has 0 aliphatic heterocycles. The number of benzene rings is 1. The maximum Gasteiger partial charge on any atom is 0.267 e. The van der Waals surface area contributed by atoms with Crippen LogP contribution in [-0.2, 0) is 11.2 Å². The van der Waals surface area contributed by atoms with E-state index in [0.717, 1.165) is 16.9 Å². The Morgan fingerprint density at radius 1 is 1.33 bits per heavy atom. The highest BCUT2D eigenvalue weighted by molar-refractivity contribution is 8.00. The van der Waals surface area contributed by atoms with Crippen molar-refractivity contribution in [3.63, 3.8) is 0 Å². The summed E-state index contributed by atoms with van der Waals surface area (Å²) >= 11 is 2.73. The summed E-state index contributed by atoms with van der Waals surface area (Å²) in [4.78, 5) is 33.1. The number of carbonyl (C=O) groups excluding carboxylic acids is 1. The Morgan fingerprint density at radius 3 is 2.79 bits per heavy atom. The zero-order valence-electron chi connectivity index (χ0n) is 19.0. The molecule has 1 N–H and O–H groups in total. The maximum absolute atomic E-state index is 13.7. The van der Waals surface area contributed by atoms with Gasteiger partial charge in [-0.1, -0.05) is 29.9 Å². The standard InChI is InChI=1S/C23H24N4O4S2/c1-6-17-13(3)19-21(33-17)25-23(27(22(19)29)15-8-7-9-16(11-15)30-5)32-14(4)20(28)24-18-10-12(2)31-26-18/h7-11,14H,6H2,1-5H3,(H,24,26,28). The van der Waals surface area contributed by atoms with E-state index in [0.29, 0.717) is 38.4 Å². The number of nitrogens with one attached hydrogen (secondary N) is 1. The van der Waals surface area contributed by atoms with Crippen LogP contribution >= 0.6 is 23.1 Å². The van der Waals surface area contributed by atoms with Gasteiger partial charge in [-0.25, -0.2) is 4.98 Å². The van der Waals surface area contributed by atoms with Gasteiger partial charge < -0.3 is 14.6 Å². The van der Waals surface area contributed by atoms with Crippen LogP contribution < -0.4 is 15.6 Å². The van der Waals surface area contributed by atoms with Crippen molar-refractivity contribution >= 4 is 45.0 Å². The highest BCUT2D eigenvalue weighted by Gasteiger charge is 2.23. The lowest BCUT2D eigenvalue weighted by atomic mass is 10.2. The van der Waals surface area contributed by atoms with Crippen molar-refractivity contribution in [2.24, 2.45) is 0 Å². The van der Waals surface area contributed by atoms with Gasteiger partial charge >= 0.3 is 0 Å². The topological polar surface area (TPSA) is 99.3 Å². The fourth-order valence-electron chi connectivity index (χ4n) is 3.47. The number of anilines is 1. The van der Waals surface area contributed by atoms with E-state index >= 15 is 0 Å². The number of rotatable bonds is 7. The lowest BCUT2D eigenvalue weighted by molar-refractivity contribution is -0.115. The van der Waals surface area contributed by atoms with Crippen molar-refractivity contribution in [3.05, 3.63) is 56.9 Å². The Bertz CT molecular complexity index is 1390. The summed E-state index contributed by atoms with van der Waals surface area (Å²) in [6.07, 6.45) is 0.823. The van der Waals surface area contributed by atoms with Gasteiger partial charge in [0.25, 0.3) is 5.56 Å². The van der Waals surface area contributed by atoms with Crippen LogP contribution in [0.15, 0.2) is 44.8 Å². The predicted molar refractivity (Wildman–Crippen MR) is 131 cm³/mol. The molecule has 8 nitrogen and oxygen atoms in total. The molecule has 10 heteroatoms. The van der Waals surface area contributed by atoms with Gasteiger partial charge in [0.1, 0.15) is 16.3 Å². The molecule has 0 aliphatic carbocycles. The number of thiophene rings is 1. The molecule has 3 heterocycles. The smallest absolute Gasteiger partial charge is 0.267 e. The molecule has 0 saturated heterocycles. The highest BCUT2D eigenvalue weighted by Crippen LogP contribution is 2.32. The molecule has 33 heavy (non-hydrogen) atoms. The lowest BCUT2D eigenvalue weighted by Crippen LogP contribution is -2.26. The van der Waals surface area contributed by atoms with Crippen LogP contribution in [0.1, 0.15) is 30.0 Å². The van der Waals surface area contributed by atoms with Crippen LogP contribution in [-0.4, -0.2) is 33.0 Å². The molecule has 0 saturated carbocycles. The minimum absolute atomic E-state index is 0.163. The first-order valence-electron chi connectivity index (χ1n) is 10.4. The maximum atomic E-state index is 13.7. The van der Waals surface area contributed by atoms with E-state index in [1.54, 1.807) is 37.7 Å². The summed E-state index contributed by atoms with van der Waals surface area (Å²) in [6.45, 7) is 7.53. The number of aromatic nitrogens is 3. The lowest BCUT2D eigenvalue weighted by Gasteiger charge is -2.16. The molecule has 0 aliphatic rings. The fourth-order valence-corrected chi connectivity index (χ4v) is 5.55. The quantitative estimate of drug-likeness (QED) is 0.299. The van der Waals surface area contributed by atoms with Gasteiger partial charge in [0.2, 0.25) is 5.91 Å². The summed E-state index contributed by atoms with van der Waals surface area (Å²) in [7, 11) is 1.58. The number of hydrogen-bond donors (Lipinski definition) is 1. The number of hydrogen-bond acceptors (Lipinski definition) is 8. The number of thioether (sulfide) groups is 1. The van der Waals surface area contributed by atoms with Crippen LogP contribution in [0.2, 0.25) is 0 Å². The van der Waals surface area contributed by atoms with Crippen LogP contribution in [0.25, 0.3) is 15.9 Å². The number of ether oxygens (including phenoxy) is 1. The van der Waals surface area contributed by atoms with Gasteiger partial charge in [-0.3, -0.25) is 14.2 Å². The largest absolute Gasteiger partial charge is 0.497 e. The second-order valence-corrected chi connectivity index (χ2v) is 9.88. The SMILES string of the molecule is CCc1sc2nc(SC(C)C(=O)Nc3cc(C)on3)n(-c3cccc(OC)c3)c(=O)c2c1C. The third-order valence-corrected chi connectivity index (χ3v) is 7.58. The monoisotopic (exact) mass is 484 g/mol. The summed E-state index contributed by atoms with van der Waals surface area (Å²) in [5.74, 6) is 1.31. The van der Waals surface area contributed by atoms with E-state index in [1.807, 2.05) is 25.1 Å². The first-order chi connectivity index (χ1) is 15.8. The van der Waals surface area contributed by atoms with Crippen molar-refractivity contribution in [3.8, 4) is 11.4 Å². The molecule has 1 aromatic carbocycles. The van der Waals surface area contributed by atoms with E-state index in [-0.39, 0.29) is 11.5 Å². The summed E-state index contributed by atoms with van der Waals surface area (Å²) in [6, 6.07) is 8.89. The van der Waals surface area contributed by atoms with Crippen LogP contribution in [0.5, 0.6) is 5.75 Å². The van der Waals surface area contributed by atoms with Gasteiger partial charge in [-0.15, -0.1) is 11.3 Å². The molecule has 0 radical (unpaired) electrons. The highest BCUT2D eigenvalue weighted by atomic mass is 32.2. The fraction of sp³-hybridized carbons (Fsp3) is 0.304. The minimum atomic E-state index is -0.546. The average molecular weight is 485 g/mol. The Morgan fingerprint density at radius 2 is 2.12 bits per heavy atom. The minimum Gasteiger partial charge on any atom is -0.497 e. The molecule has 3 aromatic heterocycles. The van der Waals surface area contributed by atoms with Crippen molar-refractivity contribution in [2.45, 2.75) is 44.5 Å². The second kappa shape index (κ2) is 9.40. The zero-order valence-corrected chi connectivity index (χ0v) is 20.6. The average Bonchev–Trinajstić information content (AvgIpc) is 3.35. The molecule has 0 spiro atoms. The van der Waals surface area contributed by atoms with Crippen LogP contribution in [0.3, 0.4) is 0 Å². The first kappa shape index (κ1) is 23.1. The number of fused-ring (bicyclic) bond motifs is 1. The van der Waals surface area contributed by atoms with E-state index in [4.69, 9.17) is 14.2 Å².